The molecule has 0 amide bonds. The number of hydrogen-bond acceptors (Lipinski definition) is 4. The average molecular weight is 263 g/mol. The number of carboxylic acids is 1. The molecule has 0 aliphatic carbocycles. The predicted octanol–water partition coefficient (Wildman–Crippen LogP) is 0.890. The molecule has 2 aromatic rings. The van der Waals surface area contributed by atoms with Crippen LogP contribution in [0.2, 0.25) is 0 Å². The second-order valence-electron chi connectivity index (χ2n) is 4.57. The van der Waals surface area contributed by atoms with Crippen LogP contribution in [0.4, 0.5) is 4.39 Å². The molecular formula is C13H12FN2O3-. The van der Waals surface area contributed by atoms with Gasteiger partial charge in [0, 0.05) is 25.3 Å². The van der Waals surface area contributed by atoms with Crippen molar-refractivity contribution >= 4 is 17.0 Å². The first kappa shape index (κ1) is 12.1. The number of imidazole rings is 1. The molecule has 0 N–H and O–H groups in total. The molecule has 0 bridgehead atoms. The van der Waals surface area contributed by atoms with Crippen molar-refractivity contribution in [3.63, 3.8) is 0 Å². The van der Waals surface area contributed by atoms with Gasteiger partial charge in [0.15, 0.2) is 5.82 Å². The van der Waals surface area contributed by atoms with Crippen LogP contribution in [0.25, 0.3) is 11.0 Å². The third-order valence-electron chi connectivity index (χ3n) is 3.39. The molecule has 100 valence electrons. The smallest absolute Gasteiger partial charge is 0.157 e. The Labute approximate surface area is 108 Å². The molecule has 19 heavy (non-hydrogen) atoms. The summed E-state index contributed by atoms with van der Waals surface area (Å²) in [6, 6.07) is 4.09. The van der Waals surface area contributed by atoms with Gasteiger partial charge in [0.2, 0.25) is 0 Å². The van der Waals surface area contributed by atoms with Gasteiger partial charge in [-0.15, -0.1) is 0 Å². The fraction of sp³-hybridized carbons (Fsp3) is 0.385. The normalized spacial score (nSPS) is 16.9. The number of carbonyl (C=O) groups is 1. The monoisotopic (exact) mass is 263 g/mol. The summed E-state index contributed by atoms with van der Waals surface area (Å²) in [5.41, 5.74) is 0.957. The molecule has 1 aromatic heterocycles. The zero-order chi connectivity index (χ0) is 13.4. The van der Waals surface area contributed by atoms with Crippen molar-refractivity contribution in [2.75, 3.05) is 13.2 Å². The van der Waals surface area contributed by atoms with Gasteiger partial charge in [-0.05, 0) is 25.0 Å². The fourth-order valence-electron chi connectivity index (χ4n) is 2.53. The van der Waals surface area contributed by atoms with Crippen LogP contribution in [0.1, 0.15) is 29.5 Å². The van der Waals surface area contributed by atoms with Crippen molar-refractivity contribution in [3.05, 3.63) is 29.8 Å². The van der Waals surface area contributed by atoms with Crippen molar-refractivity contribution < 1.29 is 19.0 Å². The number of nitrogens with zero attached hydrogens (tertiary/aromatic N) is 2. The molecule has 5 nitrogen and oxygen atoms in total. The van der Waals surface area contributed by atoms with Gasteiger partial charge in [0.1, 0.15) is 11.8 Å². The summed E-state index contributed by atoms with van der Waals surface area (Å²) in [6.07, 6.45) is 1.42. The first-order valence-corrected chi connectivity index (χ1v) is 6.13. The zero-order valence-electron chi connectivity index (χ0n) is 10.1. The minimum Gasteiger partial charge on any atom is -0.542 e. The van der Waals surface area contributed by atoms with Crippen LogP contribution in [0, 0.1) is 5.82 Å². The summed E-state index contributed by atoms with van der Waals surface area (Å²) >= 11 is 0. The number of carbonyl (C=O) groups excluding carboxylic acids is 1. The lowest BCUT2D eigenvalue weighted by atomic mass is 10.1. The van der Waals surface area contributed by atoms with E-state index in [1.165, 1.54) is 12.1 Å². The number of rotatable bonds is 2. The minimum absolute atomic E-state index is 0.00267. The Bertz CT molecular complexity index is 632. The maximum atomic E-state index is 13.2. The highest BCUT2D eigenvalue weighted by Crippen LogP contribution is 2.28. The van der Waals surface area contributed by atoms with E-state index < -0.39 is 11.8 Å². The van der Waals surface area contributed by atoms with E-state index in [9.17, 15) is 14.3 Å². The number of benzene rings is 1. The molecular weight excluding hydrogens is 251 g/mol. The highest BCUT2D eigenvalue weighted by atomic mass is 19.1. The first-order chi connectivity index (χ1) is 9.16. The second-order valence-corrected chi connectivity index (χ2v) is 4.57. The van der Waals surface area contributed by atoms with E-state index in [0.717, 1.165) is 0 Å². The number of halogens is 1. The summed E-state index contributed by atoms with van der Waals surface area (Å²) in [4.78, 5) is 15.2. The SMILES string of the molecule is O=C([O-])c1nc2cc(F)ccc2n1C1CCOCC1. The number of aromatic nitrogens is 2. The Morgan fingerprint density at radius 3 is 2.84 bits per heavy atom. The van der Waals surface area contributed by atoms with Crippen molar-refractivity contribution in [2.24, 2.45) is 0 Å². The van der Waals surface area contributed by atoms with Crippen LogP contribution in [0.3, 0.4) is 0 Å². The molecule has 1 fully saturated rings. The molecule has 1 saturated heterocycles. The Morgan fingerprint density at radius 1 is 1.42 bits per heavy atom. The van der Waals surface area contributed by atoms with Gasteiger partial charge in [-0.2, -0.15) is 0 Å². The summed E-state index contributed by atoms with van der Waals surface area (Å²) in [5.74, 6) is -1.93. The van der Waals surface area contributed by atoms with E-state index in [-0.39, 0.29) is 11.9 Å². The topological polar surface area (TPSA) is 67.2 Å². The van der Waals surface area contributed by atoms with Gasteiger partial charge in [0.05, 0.1) is 11.0 Å². The van der Waals surface area contributed by atoms with Crippen LogP contribution in [-0.2, 0) is 4.74 Å². The largest absolute Gasteiger partial charge is 0.542 e. The van der Waals surface area contributed by atoms with Gasteiger partial charge in [-0.1, -0.05) is 0 Å². The number of fused-ring (bicyclic) bond motifs is 1. The predicted molar refractivity (Wildman–Crippen MR) is 63.1 cm³/mol. The standard InChI is InChI=1S/C13H13FN2O3/c14-8-1-2-11-10(7-8)15-12(13(17)18)16(11)9-3-5-19-6-4-9/h1-2,7,9H,3-6H2,(H,17,18)/p-1. The Morgan fingerprint density at radius 2 is 2.16 bits per heavy atom. The lowest BCUT2D eigenvalue weighted by Gasteiger charge is -2.25. The van der Waals surface area contributed by atoms with Gasteiger partial charge < -0.3 is 19.2 Å². The number of aromatic carboxylic acids is 1. The van der Waals surface area contributed by atoms with Crippen LogP contribution in [0.15, 0.2) is 18.2 Å². The van der Waals surface area contributed by atoms with E-state index in [1.54, 1.807) is 10.6 Å². The summed E-state index contributed by atoms with van der Waals surface area (Å²) < 4.78 is 20.1. The van der Waals surface area contributed by atoms with Crippen LogP contribution < -0.4 is 5.11 Å². The molecule has 6 heteroatoms. The van der Waals surface area contributed by atoms with Gasteiger partial charge in [-0.3, -0.25) is 0 Å². The quantitative estimate of drug-likeness (QED) is 0.807. The fourth-order valence-corrected chi connectivity index (χ4v) is 2.53. The zero-order valence-corrected chi connectivity index (χ0v) is 10.1. The third kappa shape index (κ3) is 2.08. The highest BCUT2D eigenvalue weighted by Gasteiger charge is 2.22. The van der Waals surface area contributed by atoms with Crippen LogP contribution in [0.5, 0.6) is 0 Å². The molecule has 0 radical (unpaired) electrons. The first-order valence-electron chi connectivity index (χ1n) is 6.13. The maximum absolute atomic E-state index is 13.2. The number of ether oxygens (including phenoxy) is 1. The van der Waals surface area contributed by atoms with E-state index >= 15 is 0 Å². The molecule has 2 heterocycles. The highest BCUT2D eigenvalue weighted by molar-refractivity contribution is 5.88. The average Bonchev–Trinajstić information content (AvgIpc) is 2.78. The van der Waals surface area contributed by atoms with Crippen molar-refractivity contribution in [2.45, 2.75) is 18.9 Å². The van der Waals surface area contributed by atoms with E-state index in [1.807, 2.05) is 0 Å². The van der Waals surface area contributed by atoms with E-state index in [4.69, 9.17) is 4.74 Å². The molecule has 3 rings (SSSR count). The second kappa shape index (κ2) is 4.62. The Kier molecular flexibility index (Phi) is 2.94. The van der Waals surface area contributed by atoms with Crippen LogP contribution >= 0.6 is 0 Å². The lowest BCUT2D eigenvalue weighted by Crippen LogP contribution is -2.29. The van der Waals surface area contributed by atoms with Gasteiger partial charge in [-0.25, -0.2) is 9.37 Å². The maximum Gasteiger partial charge on any atom is 0.157 e. The molecule has 1 aliphatic rings. The van der Waals surface area contributed by atoms with E-state index in [2.05, 4.69) is 4.98 Å². The Balaban J connectivity index is 2.18. The third-order valence-corrected chi connectivity index (χ3v) is 3.39. The molecule has 0 unspecified atom stereocenters. The molecule has 1 aliphatic heterocycles. The van der Waals surface area contributed by atoms with E-state index in [0.29, 0.717) is 37.1 Å². The molecule has 0 spiro atoms. The summed E-state index contributed by atoms with van der Waals surface area (Å²) in [7, 11) is 0. The molecule has 1 aromatic carbocycles. The summed E-state index contributed by atoms with van der Waals surface area (Å²) in [6.45, 7) is 1.16. The summed E-state index contributed by atoms with van der Waals surface area (Å²) in [5, 5.41) is 11.2. The molecule has 0 atom stereocenters. The van der Waals surface area contributed by atoms with Crippen molar-refractivity contribution in [1.29, 1.82) is 0 Å². The number of carboxylic acid groups (broad SMARTS) is 1. The molecule has 0 saturated carbocycles. The van der Waals surface area contributed by atoms with Gasteiger partial charge in [0.25, 0.3) is 0 Å². The van der Waals surface area contributed by atoms with Crippen molar-refractivity contribution in [1.82, 2.24) is 9.55 Å². The van der Waals surface area contributed by atoms with Crippen molar-refractivity contribution in [3.8, 4) is 0 Å². The minimum atomic E-state index is -1.34. The van der Waals surface area contributed by atoms with Crippen LogP contribution in [-0.4, -0.2) is 28.7 Å². The van der Waals surface area contributed by atoms with Gasteiger partial charge >= 0.3 is 0 Å². The lowest BCUT2D eigenvalue weighted by molar-refractivity contribution is -0.256. The number of hydrogen-bond donors (Lipinski definition) is 0. The Hall–Kier alpha value is -1.95.